The molecule has 0 fully saturated rings. The summed E-state index contributed by atoms with van der Waals surface area (Å²) >= 11 is 0. The minimum atomic E-state index is -3.31. The molecule has 0 bridgehead atoms. The molecular formula is C12H12F2N2O2. The Morgan fingerprint density at radius 3 is 2.50 bits per heavy atom. The fourth-order valence-electron chi connectivity index (χ4n) is 1.23. The largest absolute Gasteiger partial charge is 0.390 e. The van der Waals surface area contributed by atoms with Crippen LogP contribution in [-0.2, 0) is 11.2 Å². The maximum atomic E-state index is 12.6. The molecule has 18 heavy (non-hydrogen) atoms. The molecule has 0 spiro atoms. The van der Waals surface area contributed by atoms with Crippen LogP contribution in [0.4, 0.5) is 8.78 Å². The third-order valence-corrected chi connectivity index (χ3v) is 2.22. The lowest BCUT2D eigenvalue weighted by molar-refractivity contribution is -0.123. The first-order valence-electron chi connectivity index (χ1n) is 5.21. The number of nitrogens with one attached hydrogen (secondary N) is 1. The van der Waals surface area contributed by atoms with Gasteiger partial charge in [-0.15, -0.1) is 0 Å². The first-order valence-corrected chi connectivity index (χ1v) is 5.21. The topological polar surface area (TPSA) is 73.1 Å². The molecule has 6 heteroatoms. The van der Waals surface area contributed by atoms with Crippen molar-refractivity contribution in [2.75, 3.05) is 13.2 Å². The van der Waals surface area contributed by atoms with Gasteiger partial charge >= 0.3 is 0 Å². The minimum absolute atomic E-state index is 0.0484. The van der Waals surface area contributed by atoms with Gasteiger partial charge in [-0.05, 0) is 17.7 Å². The van der Waals surface area contributed by atoms with Crippen LogP contribution in [0.25, 0.3) is 0 Å². The van der Waals surface area contributed by atoms with Crippen molar-refractivity contribution in [1.29, 1.82) is 5.26 Å². The predicted octanol–water partition coefficient (Wildman–Crippen LogP) is 0.845. The first-order chi connectivity index (χ1) is 8.46. The molecule has 0 aliphatic heterocycles. The second-order valence-corrected chi connectivity index (χ2v) is 3.78. The van der Waals surface area contributed by atoms with Gasteiger partial charge in [-0.25, -0.2) is 8.78 Å². The number of nitrogens with zero attached hydrogens (tertiary/aromatic N) is 1. The summed E-state index contributed by atoms with van der Waals surface area (Å²) in [4.78, 5) is 11.3. The van der Waals surface area contributed by atoms with Gasteiger partial charge in [0.25, 0.3) is 5.92 Å². The van der Waals surface area contributed by atoms with E-state index < -0.39 is 25.0 Å². The number of aliphatic hydroxyl groups excluding tert-OH is 1. The van der Waals surface area contributed by atoms with Crippen molar-refractivity contribution in [3.63, 3.8) is 0 Å². The highest BCUT2D eigenvalue weighted by Crippen LogP contribution is 2.10. The van der Waals surface area contributed by atoms with Crippen LogP contribution in [0.3, 0.4) is 0 Å². The van der Waals surface area contributed by atoms with E-state index in [1.54, 1.807) is 24.3 Å². The third kappa shape index (κ3) is 4.47. The summed E-state index contributed by atoms with van der Waals surface area (Å²) in [5.41, 5.74) is 1.09. The number of carbonyl (C=O) groups excluding carboxylic acids is 1. The number of halogens is 2. The van der Waals surface area contributed by atoms with Crippen molar-refractivity contribution >= 4 is 5.91 Å². The number of nitriles is 1. The Kier molecular flexibility index (Phi) is 4.75. The Balaban J connectivity index is 2.47. The van der Waals surface area contributed by atoms with Gasteiger partial charge in [0, 0.05) is 0 Å². The molecule has 0 aliphatic carbocycles. The molecule has 0 saturated carbocycles. The number of rotatable bonds is 5. The maximum Gasteiger partial charge on any atom is 0.287 e. The maximum absolute atomic E-state index is 12.6. The zero-order valence-electron chi connectivity index (χ0n) is 9.49. The van der Waals surface area contributed by atoms with Gasteiger partial charge in [0.15, 0.2) is 0 Å². The summed E-state index contributed by atoms with van der Waals surface area (Å²) in [6.45, 7) is -2.19. The molecule has 0 unspecified atom stereocenters. The quantitative estimate of drug-likeness (QED) is 0.818. The van der Waals surface area contributed by atoms with Gasteiger partial charge in [0.1, 0.15) is 6.61 Å². The van der Waals surface area contributed by atoms with Crippen LogP contribution in [0, 0.1) is 11.3 Å². The molecular weight excluding hydrogens is 242 g/mol. The molecule has 0 atom stereocenters. The lowest BCUT2D eigenvalue weighted by Crippen LogP contribution is -2.39. The highest BCUT2D eigenvalue weighted by molar-refractivity contribution is 5.78. The SMILES string of the molecule is N#Cc1ccc(CC(=O)NCC(F)(F)CO)cc1. The molecule has 1 amide bonds. The number of amides is 1. The zero-order valence-corrected chi connectivity index (χ0v) is 9.49. The molecule has 1 aromatic rings. The molecule has 0 aromatic heterocycles. The number of aliphatic hydroxyl groups is 1. The molecule has 1 rings (SSSR count). The minimum Gasteiger partial charge on any atom is -0.390 e. The molecule has 96 valence electrons. The van der Waals surface area contributed by atoms with Crippen LogP contribution in [0.15, 0.2) is 24.3 Å². The average Bonchev–Trinajstić information content (AvgIpc) is 2.37. The van der Waals surface area contributed by atoms with Crippen molar-refractivity contribution in [2.24, 2.45) is 0 Å². The van der Waals surface area contributed by atoms with Gasteiger partial charge in [0.2, 0.25) is 5.91 Å². The molecule has 0 heterocycles. The van der Waals surface area contributed by atoms with Gasteiger partial charge < -0.3 is 10.4 Å². The summed E-state index contributed by atoms with van der Waals surface area (Å²) in [5.74, 6) is -3.87. The number of hydrogen-bond donors (Lipinski definition) is 2. The van der Waals surface area contributed by atoms with E-state index in [4.69, 9.17) is 10.4 Å². The second-order valence-electron chi connectivity index (χ2n) is 3.78. The Morgan fingerprint density at radius 2 is 2.00 bits per heavy atom. The van der Waals surface area contributed by atoms with Gasteiger partial charge in [-0.2, -0.15) is 5.26 Å². The summed E-state index contributed by atoms with van der Waals surface area (Å²) in [7, 11) is 0. The van der Waals surface area contributed by atoms with Crippen molar-refractivity contribution < 1.29 is 18.7 Å². The number of carbonyl (C=O) groups is 1. The molecule has 0 saturated heterocycles. The van der Waals surface area contributed by atoms with E-state index in [-0.39, 0.29) is 6.42 Å². The van der Waals surface area contributed by atoms with Crippen molar-refractivity contribution in [3.05, 3.63) is 35.4 Å². The number of alkyl halides is 2. The van der Waals surface area contributed by atoms with Crippen LogP contribution in [0.5, 0.6) is 0 Å². The van der Waals surface area contributed by atoms with Crippen LogP contribution >= 0.6 is 0 Å². The van der Waals surface area contributed by atoms with E-state index >= 15 is 0 Å². The van der Waals surface area contributed by atoms with E-state index in [0.29, 0.717) is 11.1 Å². The standard InChI is InChI=1S/C12H12F2N2O2/c13-12(14,8-17)7-16-11(18)5-9-1-3-10(6-15)4-2-9/h1-4,17H,5,7-8H2,(H,16,18). The van der Waals surface area contributed by atoms with Gasteiger partial charge in [-0.1, -0.05) is 12.1 Å². The molecule has 4 nitrogen and oxygen atoms in total. The number of benzene rings is 1. The highest BCUT2D eigenvalue weighted by Gasteiger charge is 2.27. The average molecular weight is 254 g/mol. The Labute approximate surface area is 103 Å². The lowest BCUT2D eigenvalue weighted by Gasteiger charge is -2.13. The fourth-order valence-corrected chi connectivity index (χ4v) is 1.23. The van der Waals surface area contributed by atoms with Crippen molar-refractivity contribution in [1.82, 2.24) is 5.32 Å². The van der Waals surface area contributed by atoms with Crippen LogP contribution in [0.1, 0.15) is 11.1 Å². The van der Waals surface area contributed by atoms with Crippen LogP contribution in [0.2, 0.25) is 0 Å². The van der Waals surface area contributed by atoms with E-state index in [0.717, 1.165) is 0 Å². The zero-order chi connectivity index (χ0) is 13.6. The van der Waals surface area contributed by atoms with Crippen LogP contribution in [-0.4, -0.2) is 30.1 Å². The summed E-state index contributed by atoms with van der Waals surface area (Å²) in [5, 5.41) is 18.9. The van der Waals surface area contributed by atoms with E-state index in [1.165, 1.54) is 0 Å². The lowest BCUT2D eigenvalue weighted by atomic mass is 10.1. The summed E-state index contributed by atoms with van der Waals surface area (Å²) in [6, 6.07) is 8.20. The Hall–Kier alpha value is -2.00. The third-order valence-electron chi connectivity index (χ3n) is 2.22. The van der Waals surface area contributed by atoms with E-state index in [9.17, 15) is 13.6 Å². The first kappa shape index (κ1) is 14.1. The fraction of sp³-hybridized carbons (Fsp3) is 0.333. The Bertz CT molecular complexity index is 452. The van der Waals surface area contributed by atoms with Crippen LogP contribution < -0.4 is 5.32 Å². The second kappa shape index (κ2) is 6.07. The van der Waals surface area contributed by atoms with Gasteiger partial charge in [0.05, 0.1) is 24.6 Å². The Morgan fingerprint density at radius 1 is 1.39 bits per heavy atom. The highest BCUT2D eigenvalue weighted by atomic mass is 19.3. The summed E-state index contributed by atoms with van der Waals surface area (Å²) in [6.07, 6.45) is -0.0484. The molecule has 2 N–H and O–H groups in total. The monoisotopic (exact) mass is 254 g/mol. The summed E-state index contributed by atoms with van der Waals surface area (Å²) < 4.78 is 25.3. The van der Waals surface area contributed by atoms with Gasteiger partial charge in [-0.3, -0.25) is 4.79 Å². The van der Waals surface area contributed by atoms with Crippen molar-refractivity contribution in [2.45, 2.75) is 12.3 Å². The smallest absolute Gasteiger partial charge is 0.287 e. The molecule has 0 radical (unpaired) electrons. The van der Waals surface area contributed by atoms with E-state index in [1.807, 2.05) is 11.4 Å². The molecule has 0 aliphatic rings. The van der Waals surface area contributed by atoms with Crippen molar-refractivity contribution in [3.8, 4) is 6.07 Å². The normalized spacial score (nSPS) is 10.8. The predicted molar refractivity (Wildman–Crippen MR) is 59.9 cm³/mol. The number of hydrogen-bond acceptors (Lipinski definition) is 3. The van der Waals surface area contributed by atoms with E-state index in [2.05, 4.69) is 0 Å². The molecule has 1 aromatic carbocycles.